The molecule has 0 amide bonds. The molecule has 1 nitrogen and oxygen atoms in total. The van der Waals surface area contributed by atoms with Crippen LogP contribution in [-0.2, 0) is 0 Å². The average Bonchev–Trinajstić information content (AvgIpc) is 2.99. The van der Waals surface area contributed by atoms with Crippen LogP contribution < -0.4 is 0 Å². The molecule has 23 heavy (non-hydrogen) atoms. The van der Waals surface area contributed by atoms with E-state index >= 15 is 0 Å². The van der Waals surface area contributed by atoms with Crippen LogP contribution in [0.15, 0.2) is 64.9 Å². The van der Waals surface area contributed by atoms with E-state index in [1.165, 1.54) is 0 Å². The van der Waals surface area contributed by atoms with Gasteiger partial charge in [-0.3, -0.25) is 4.79 Å². The second kappa shape index (κ2) is 7.45. The molecular weight excluding hydrogens is 435 g/mol. The van der Waals surface area contributed by atoms with E-state index in [9.17, 15) is 4.79 Å². The summed E-state index contributed by atoms with van der Waals surface area (Å²) in [5.41, 5.74) is 2.61. The molecule has 2 aromatic carbocycles. The quantitative estimate of drug-likeness (QED) is 0.249. The Bertz CT molecular complexity index is 728. The van der Waals surface area contributed by atoms with E-state index in [-0.39, 0.29) is 10.5 Å². The number of benzene rings is 2. The van der Waals surface area contributed by atoms with Crippen molar-refractivity contribution in [1.29, 1.82) is 0 Å². The van der Waals surface area contributed by atoms with Crippen molar-refractivity contribution >= 4 is 57.5 Å². The summed E-state index contributed by atoms with van der Waals surface area (Å²) in [5, 5.41) is 0. The zero-order chi connectivity index (χ0) is 16.3. The maximum atomic E-state index is 13.1. The third-order valence-electron chi connectivity index (χ3n) is 3.66. The minimum Gasteiger partial charge on any atom is -0.289 e. The summed E-state index contributed by atoms with van der Waals surface area (Å²) < 4.78 is 2.44. The standard InChI is InChI=1S/C19H17IOS2/c1-19(12-20)13-22-18(23-19)16(14-8-4-2-5-9-14)17(21)15-10-6-3-7-11-15/h2-11H,12-13H2,1H3/b18-16-/t19-/m1/s1. The Kier molecular flexibility index (Phi) is 5.54. The van der Waals surface area contributed by atoms with Gasteiger partial charge in [-0.1, -0.05) is 83.3 Å². The molecular formula is C19H17IOS2. The molecule has 1 fully saturated rings. The van der Waals surface area contributed by atoms with E-state index in [0.29, 0.717) is 0 Å². The first kappa shape index (κ1) is 17.1. The molecule has 3 rings (SSSR count). The van der Waals surface area contributed by atoms with Crippen molar-refractivity contribution in [2.75, 3.05) is 10.2 Å². The number of allylic oxidation sites excluding steroid dienone is 1. The zero-order valence-electron chi connectivity index (χ0n) is 12.8. The first-order valence-electron chi connectivity index (χ1n) is 7.40. The Labute approximate surface area is 159 Å². The van der Waals surface area contributed by atoms with Gasteiger partial charge in [0.05, 0.1) is 4.24 Å². The Morgan fingerprint density at radius 3 is 2.13 bits per heavy atom. The van der Waals surface area contributed by atoms with Crippen LogP contribution >= 0.6 is 46.1 Å². The molecule has 1 aliphatic rings. The van der Waals surface area contributed by atoms with E-state index in [0.717, 1.165) is 31.1 Å². The first-order chi connectivity index (χ1) is 11.1. The van der Waals surface area contributed by atoms with Crippen LogP contribution in [0.4, 0.5) is 0 Å². The van der Waals surface area contributed by atoms with Gasteiger partial charge in [0, 0.05) is 26.1 Å². The normalized spacial score (nSPS) is 22.9. The van der Waals surface area contributed by atoms with Gasteiger partial charge in [-0.15, -0.1) is 23.5 Å². The zero-order valence-corrected chi connectivity index (χ0v) is 16.6. The molecule has 0 radical (unpaired) electrons. The third kappa shape index (κ3) is 3.86. The number of Topliss-reactive ketones (excluding diaryl/α,β-unsaturated/α-hetero) is 1. The fourth-order valence-electron chi connectivity index (χ4n) is 2.37. The van der Waals surface area contributed by atoms with Gasteiger partial charge in [-0.05, 0) is 12.5 Å². The molecule has 2 aromatic rings. The number of thioether (sulfide) groups is 2. The second-order valence-electron chi connectivity index (χ2n) is 5.70. The van der Waals surface area contributed by atoms with Crippen LogP contribution in [0.25, 0.3) is 5.57 Å². The van der Waals surface area contributed by atoms with Crippen molar-refractivity contribution in [3.63, 3.8) is 0 Å². The van der Waals surface area contributed by atoms with Gasteiger partial charge in [-0.25, -0.2) is 0 Å². The van der Waals surface area contributed by atoms with Crippen LogP contribution in [0.1, 0.15) is 22.8 Å². The van der Waals surface area contributed by atoms with E-state index in [1.54, 1.807) is 0 Å². The molecule has 0 bridgehead atoms. The predicted octanol–water partition coefficient (Wildman–Crippen LogP) is 5.91. The summed E-state index contributed by atoms with van der Waals surface area (Å²) in [7, 11) is 0. The van der Waals surface area contributed by atoms with E-state index in [2.05, 4.69) is 29.5 Å². The van der Waals surface area contributed by atoms with Crippen LogP contribution in [0.2, 0.25) is 0 Å². The molecule has 0 spiro atoms. The van der Waals surface area contributed by atoms with Crippen LogP contribution in [0, 0.1) is 0 Å². The lowest BCUT2D eigenvalue weighted by Crippen LogP contribution is -2.20. The number of carbonyl (C=O) groups is 1. The number of hydrogen-bond acceptors (Lipinski definition) is 3. The van der Waals surface area contributed by atoms with Crippen LogP contribution in [-0.4, -0.2) is 20.7 Å². The van der Waals surface area contributed by atoms with Gasteiger partial charge < -0.3 is 0 Å². The van der Waals surface area contributed by atoms with Crippen molar-refractivity contribution in [3.8, 4) is 0 Å². The number of carbonyl (C=O) groups excluding carboxylic acids is 1. The number of rotatable bonds is 4. The van der Waals surface area contributed by atoms with Gasteiger partial charge in [0.2, 0.25) is 0 Å². The van der Waals surface area contributed by atoms with Crippen molar-refractivity contribution in [2.45, 2.75) is 11.7 Å². The molecule has 0 N–H and O–H groups in total. The highest BCUT2D eigenvalue weighted by molar-refractivity contribution is 14.1. The fraction of sp³-hybridized carbons (Fsp3) is 0.211. The minimum absolute atomic E-state index is 0.115. The third-order valence-corrected chi connectivity index (χ3v) is 9.07. The van der Waals surface area contributed by atoms with E-state index in [1.807, 2.05) is 84.2 Å². The van der Waals surface area contributed by atoms with Crippen molar-refractivity contribution in [1.82, 2.24) is 0 Å². The summed E-state index contributed by atoms with van der Waals surface area (Å²) in [5.74, 6) is 1.17. The molecule has 4 heteroatoms. The number of alkyl halides is 1. The molecule has 0 saturated carbocycles. The summed E-state index contributed by atoms with van der Waals surface area (Å²) in [6.07, 6.45) is 0. The summed E-state index contributed by atoms with van der Waals surface area (Å²) in [4.78, 5) is 13.1. The highest BCUT2D eigenvalue weighted by Gasteiger charge is 2.35. The highest BCUT2D eigenvalue weighted by atomic mass is 127. The molecule has 0 aliphatic carbocycles. The molecule has 0 aromatic heterocycles. The van der Waals surface area contributed by atoms with Gasteiger partial charge in [0.15, 0.2) is 5.78 Å². The summed E-state index contributed by atoms with van der Waals surface area (Å²) in [6, 6.07) is 19.6. The monoisotopic (exact) mass is 452 g/mol. The lowest BCUT2D eigenvalue weighted by atomic mass is 9.98. The topological polar surface area (TPSA) is 17.1 Å². The maximum absolute atomic E-state index is 13.1. The van der Waals surface area contributed by atoms with Crippen LogP contribution in [0.3, 0.4) is 0 Å². The smallest absolute Gasteiger partial charge is 0.195 e. The number of ketones is 1. The molecule has 118 valence electrons. The Balaban J connectivity index is 2.08. The van der Waals surface area contributed by atoms with E-state index in [4.69, 9.17) is 0 Å². The highest BCUT2D eigenvalue weighted by Crippen LogP contribution is 2.52. The van der Waals surface area contributed by atoms with Gasteiger partial charge in [-0.2, -0.15) is 0 Å². The lowest BCUT2D eigenvalue weighted by molar-refractivity contribution is 0.105. The number of halogens is 1. The average molecular weight is 452 g/mol. The first-order valence-corrected chi connectivity index (χ1v) is 10.7. The Morgan fingerprint density at radius 2 is 1.61 bits per heavy atom. The van der Waals surface area contributed by atoms with Crippen molar-refractivity contribution in [3.05, 3.63) is 76.0 Å². The van der Waals surface area contributed by atoms with Crippen molar-refractivity contribution < 1.29 is 4.79 Å². The second-order valence-corrected chi connectivity index (χ2v) is 9.30. The summed E-state index contributed by atoms with van der Waals surface area (Å²) in [6.45, 7) is 2.28. The minimum atomic E-state index is 0.115. The predicted molar refractivity (Wildman–Crippen MR) is 111 cm³/mol. The molecule has 1 saturated heterocycles. The van der Waals surface area contributed by atoms with Crippen LogP contribution in [0.5, 0.6) is 0 Å². The molecule has 1 heterocycles. The van der Waals surface area contributed by atoms with Crippen molar-refractivity contribution in [2.24, 2.45) is 0 Å². The lowest BCUT2D eigenvalue weighted by Gasteiger charge is -2.17. The number of hydrogen-bond donors (Lipinski definition) is 0. The van der Waals surface area contributed by atoms with Gasteiger partial charge in [0.25, 0.3) is 0 Å². The largest absolute Gasteiger partial charge is 0.289 e. The Morgan fingerprint density at radius 1 is 1.04 bits per heavy atom. The summed E-state index contributed by atoms with van der Waals surface area (Å²) >= 11 is 6.11. The molecule has 1 atom stereocenters. The fourth-order valence-corrected chi connectivity index (χ4v) is 6.61. The molecule has 1 aliphatic heterocycles. The Hall–Kier alpha value is -0.720. The SMILES string of the molecule is C[C@@]1(CI)CS/C(=C(/C(=O)c2ccccc2)c2ccccc2)S1. The maximum Gasteiger partial charge on any atom is 0.195 e. The van der Waals surface area contributed by atoms with Gasteiger partial charge in [0.1, 0.15) is 0 Å². The van der Waals surface area contributed by atoms with Gasteiger partial charge >= 0.3 is 0 Å². The van der Waals surface area contributed by atoms with E-state index < -0.39 is 0 Å². The molecule has 0 unspecified atom stereocenters.